The Kier molecular flexibility index (Phi) is 1.48. The molecule has 58 valence electrons. The SMILES string of the molecule is CC1C2CCN(CC2)C1C. The van der Waals surface area contributed by atoms with Gasteiger partial charge in [-0.3, -0.25) is 0 Å². The molecular formula is C9H17N. The van der Waals surface area contributed by atoms with E-state index in [1.165, 1.54) is 25.9 Å². The quantitative estimate of drug-likeness (QED) is 0.494. The summed E-state index contributed by atoms with van der Waals surface area (Å²) in [6.45, 7) is 7.54. The maximum atomic E-state index is 2.64. The average molecular weight is 139 g/mol. The van der Waals surface area contributed by atoms with E-state index in [0.29, 0.717) is 0 Å². The van der Waals surface area contributed by atoms with E-state index in [0.717, 1.165) is 17.9 Å². The van der Waals surface area contributed by atoms with Crippen LogP contribution in [-0.2, 0) is 0 Å². The lowest BCUT2D eigenvalue weighted by molar-refractivity contribution is 0.00795. The molecular weight excluding hydrogens is 122 g/mol. The van der Waals surface area contributed by atoms with Gasteiger partial charge in [0.1, 0.15) is 0 Å². The molecule has 0 saturated carbocycles. The minimum absolute atomic E-state index is 0.868. The predicted octanol–water partition coefficient (Wildman–Crippen LogP) is 1.74. The molecule has 1 heteroatoms. The van der Waals surface area contributed by atoms with Crippen LogP contribution in [0.3, 0.4) is 0 Å². The lowest BCUT2D eigenvalue weighted by Crippen LogP contribution is -2.52. The van der Waals surface area contributed by atoms with E-state index >= 15 is 0 Å². The minimum atomic E-state index is 0.868. The van der Waals surface area contributed by atoms with Gasteiger partial charge < -0.3 is 4.90 Å². The van der Waals surface area contributed by atoms with Crippen LogP contribution in [0.25, 0.3) is 0 Å². The summed E-state index contributed by atoms with van der Waals surface area (Å²) in [5.41, 5.74) is 0. The molecule has 3 aliphatic rings. The number of hydrogen-bond donors (Lipinski definition) is 0. The van der Waals surface area contributed by atoms with Crippen molar-refractivity contribution in [3.05, 3.63) is 0 Å². The first-order chi connectivity index (χ1) is 4.79. The summed E-state index contributed by atoms with van der Waals surface area (Å²) in [5, 5.41) is 0. The Bertz CT molecular complexity index is 105. The summed E-state index contributed by atoms with van der Waals surface area (Å²) < 4.78 is 0. The van der Waals surface area contributed by atoms with Crippen LogP contribution in [0.2, 0.25) is 0 Å². The fraction of sp³-hybridized carbons (Fsp3) is 1.00. The molecule has 0 aliphatic carbocycles. The topological polar surface area (TPSA) is 3.24 Å². The highest BCUT2D eigenvalue weighted by atomic mass is 15.2. The van der Waals surface area contributed by atoms with Gasteiger partial charge in [-0.2, -0.15) is 0 Å². The summed E-state index contributed by atoms with van der Waals surface area (Å²) >= 11 is 0. The third-order valence-electron chi connectivity index (χ3n) is 3.65. The summed E-state index contributed by atoms with van der Waals surface area (Å²) in [5.74, 6) is 2.02. The van der Waals surface area contributed by atoms with Crippen molar-refractivity contribution in [1.82, 2.24) is 4.90 Å². The van der Waals surface area contributed by atoms with E-state index in [4.69, 9.17) is 0 Å². The third-order valence-corrected chi connectivity index (χ3v) is 3.65. The van der Waals surface area contributed by atoms with Gasteiger partial charge in [0.05, 0.1) is 0 Å². The Hall–Kier alpha value is -0.0400. The lowest BCUT2D eigenvalue weighted by Gasteiger charge is -2.48. The summed E-state index contributed by atoms with van der Waals surface area (Å²) in [7, 11) is 0. The zero-order valence-electron chi connectivity index (χ0n) is 7.01. The number of nitrogens with zero attached hydrogens (tertiary/aromatic N) is 1. The Labute approximate surface area is 63.4 Å². The second kappa shape index (κ2) is 2.23. The highest BCUT2D eigenvalue weighted by Gasteiger charge is 2.36. The van der Waals surface area contributed by atoms with Crippen molar-refractivity contribution in [2.24, 2.45) is 11.8 Å². The van der Waals surface area contributed by atoms with Crippen molar-refractivity contribution < 1.29 is 0 Å². The minimum Gasteiger partial charge on any atom is -0.300 e. The molecule has 2 bridgehead atoms. The number of rotatable bonds is 0. The average Bonchev–Trinajstić information content (AvgIpc) is 2.00. The molecule has 0 aromatic heterocycles. The van der Waals surface area contributed by atoms with Gasteiger partial charge in [-0.15, -0.1) is 0 Å². The molecule has 3 saturated heterocycles. The van der Waals surface area contributed by atoms with Gasteiger partial charge in [0.25, 0.3) is 0 Å². The van der Waals surface area contributed by atoms with Gasteiger partial charge in [-0.1, -0.05) is 6.92 Å². The van der Waals surface area contributed by atoms with Crippen LogP contribution in [0.15, 0.2) is 0 Å². The maximum Gasteiger partial charge on any atom is 0.00952 e. The number of piperidine rings is 3. The second-order valence-corrected chi connectivity index (χ2v) is 3.97. The van der Waals surface area contributed by atoms with Crippen LogP contribution in [-0.4, -0.2) is 24.0 Å². The molecule has 0 radical (unpaired) electrons. The van der Waals surface area contributed by atoms with Crippen molar-refractivity contribution in [3.8, 4) is 0 Å². The van der Waals surface area contributed by atoms with Crippen LogP contribution >= 0.6 is 0 Å². The molecule has 1 nitrogen and oxygen atoms in total. The molecule has 3 rings (SSSR count). The van der Waals surface area contributed by atoms with E-state index in [-0.39, 0.29) is 0 Å². The first-order valence-corrected chi connectivity index (χ1v) is 4.53. The highest BCUT2D eigenvalue weighted by Crippen LogP contribution is 2.36. The molecule has 0 amide bonds. The Morgan fingerprint density at radius 2 is 1.70 bits per heavy atom. The molecule has 0 aromatic carbocycles. The Morgan fingerprint density at radius 1 is 1.10 bits per heavy atom. The molecule has 3 fully saturated rings. The van der Waals surface area contributed by atoms with Gasteiger partial charge in [-0.25, -0.2) is 0 Å². The van der Waals surface area contributed by atoms with Crippen LogP contribution in [0, 0.1) is 11.8 Å². The first-order valence-electron chi connectivity index (χ1n) is 4.53. The van der Waals surface area contributed by atoms with E-state index in [9.17, 15) is 0 Å². The zero-order chi connectivity index (χ0) is 7.14. The van der Waals surface area contributed by atoms with Crippen LogP contribution in [0.1, 0.15) is 26.7 Å². The van der Waals surface area contributed by atoms with Crippen LogP contribution in [0.4, 0.5) is 0 Å². The van der Waals surface area contributed by atoms with E-state index in [1.807, 2.05) is 0 Å². The second-order valence-electron chi connectivity index (χ2n) is 3.97. The monoisotopic (exact) mass is 139 g/mol. The predicted molar refractivity (Wildman–Crippen MR) is 42.9 cm³/mol. The van der Waals surface area contributed by atoms with E-state index in [1.54, 1.807) is 0 Å². The summed E-state index contributed by atoms with van der Waals surface area (Å²) in [6.07, 6.45) is 2.93. The van der Waals surface area contributed by atoms with Crippen molar-refractivity contribution in [2.45, 2.75) is 32.7 Å². The largest absolute Gasteiger partial charge is 0.300 e. The van der Waals surface area contributed by atoms with Gasteiger partial charge >= 0.3 is 0 Å². The highest BCUT2D eigenvalue weighted by molar-refractivity contribution is 4.89. The molecule has 0 aromatic rings. The molecule has 3 aliphatic heterocycles. The smallest absolute Gasteiger partial charge is 0.00952 e. The summed E-state index contributed by atoms with van der Waals surface area (Å²) in [4.78, 5) is 2.64. The number of fused-ring (bicyclic) bond motifs is 3. The molecule has 0 N–H and O–H groups in total. The Balaban J connectivity index is 2.13. The van der Waals surface area contributed by atoms with Gasteiger partial charge in [0, 0.05) is 6.04 Å². The fourth-order valence-electron chi connectivity index (χ4n) is 2.58. The van der Waals surface area contributed by atoms with Crippen molar-refractivity contribution in [2.75, 3.05) is 13.1 Å². The fourth-order valence-corrected chi connectivity index (χ4v) is 2.58. The van der Waals surface area contributed by atoms with Crippen molar-refractivity contribution in [3.63, 3.8) is 0 Å². The van der Waals surface area contributed by atoms with Gasteiger partial charge in [-0.05, 0) is 44.7 Å². The van der Waals surface area contributed by atoms with Gasteiger partial charge in [0.2, 0.25) is 0 Å². The zero-order valence-corrected chi connectivity index (χ0v) is 7.01. The maximum absolute atomic E-state index is 2.64. The van der Waals surface area contributed by atoms with E-state index in [2.05, 4.69) is 18.7 Å². The first kappa shape index (κ1) is 6.66. The Morgan fingerprint density at radius 3 is 2.00 bits per heavy atom. The molecule has 2 unspecified atom stereocenters. The molecule has 3 heterocycles. The summed E-state index contributed by atoms with van der Waals surface area (Å²) in [6, 6.07) is 0.868. The molecule has 2 atom stereocenters. The van der Waals surface area contributed by atoms with Crippen LogP contribution in [0.5, 0.6) is 0 Å². The van der Waals surface area contributed by atoms with Gasteiger partial charge in [0.15, 0.2) is 0 Å². The molecule has 10 heavy (non-hydrogen) atoms. The van der Waals surface area contributed by atoms with Crippen LogP contribution < -0.4 is 0 Å². The number of hydrogen-bond acceptors (Lipinski definition) is 1. The molecule has 0 spiro atoms. The van der Waals surface area contributed by atoms with E-state index < -0.39 is 0 Å². The van der Waals surface area contributed by atoms with Crippen molar-refractivity contribution in [1.29, 1.82) is 0 Å². The normalized spacial score (nSPS) is 53.4. The van der Waals surface area contributed by atoms with Crippen molar-refractivity contribution >= 4 is 0 Å². The standard InChI is InChI=1S/C9H17N/c1-7-8(2)10-5-3-9(7)4-6-10/h7-9H,3-6H2,1-2H3. The third kappa shape index (κ3) is 0.800. The lowest BCUT2D eigenvalue weighted by atomic mass is 9.76.